The summed E-state index contributed by atoms with van der Waals surface area (Å²) >= 11 is 1.80. The molecule has 1 nitrogen and oxygen atoms in total. The van der Waals surface area contributed by atoms with Gasteiger partial charge in [-0.3, -0.25) is 0 Å². The fraction of sp³-hybridized carbons (Fsp3) is 0.647. The summed E-state index contributed by atoms with van der Waals surface area (Å²) in [6.45, 7) is 7.08. The quantitative estimate of drug-likeness (QED) is 0.775. The molecule has 1 N–H and O–H groups in total. The number of thioether (sulfide) groups is 1. The van der Waals surface area contributed by atoms with Gasteiger partial charge >= 0.3 is 0 Å². The summed E-state index contributed by atoms with van der Waals surface area (Å²) in [7, 11) is 0. The molecule has 19 heavy (non-hydrogen) atoms. The maximum absolute atomic E-state index is 3.80. The van der Waals surface area contributed by atoms with Gasteiger partial charge in [0.1, 0.15) is 0 Å². The van der Waals surface area contributed by atoms with Gasteiger partial charge in [0.15, 0.2) is 0 Å². The molecular formula is C17H27NS. The summed E-state index contributed by atoms with van der Waals surface area (Å²) in [5, 5.41) is 3.80. The maximum Gasteiger partial charge on any atom is 0.0294 e. The predicted octanol–water partition coefficient (Wildman–Crippen LogP) is 5.03. The smallest absolute Gasteiger partial charge is 0.0294 e. The van der Waals surface area contributed by atoms with E-state index in [1.54, 1.807) is 11.8 Å². The van der Waals surface area contributed by atoms with Crippen molar-refractivity contribution in [1.29, 1.82) is 0 Å². The Bertz CT molecular complexity index is 386. The predicted molar refractivity (Wildman–Crippen MR) is 85.8 cm³/mol. The third-order valence-electron chi connectivity index (χ3n) is 4.44. The van der Waals surface area contributed by atoms with Gasteiger partial charge < -0.3 is 5.32 Å². The standard InChI is InChI=1S/C17H27NS/c1-13(14-5-7-16(19-4)8-6-14)18-15-9-11-17(2,3)12-10-15/h5-8,13,15,18H,9-12H2,1-4H3. The highest BCUT2D eigenvalue weighted by molar-refractivity contribution is 7.98. The second-order valence-electron chi connectivity index (χ2n) is 6.60. The van der Waals surface area contributed by atoms with Crippen molar-refractivity contribution >= 4 is 11.8 Å². The third kappa shape index (κ3) is 4.25. The van der Waals surface area contributed by atoms with Crippen LogP contribution < -0.4 is 5.32 Å². The summed E-state index contributed by atoms with van der Waals surface area (Å²) in [5.41, 5.74) is 1.96. The number of benzene rings is 1. The zero-order valence-corrected chi connectivity index (χ0v) is 13.5. The molecule has 0 radical (unpaired) electrons. The minimum absolute atomic E-state index is 0.460. The Morgan fingerprint density at radius 3 is 2.26 bits per heavy atom. The van der Waals surface area contributed by atoms with E-state index in [-0.39, 0.29) is 0 Å². The molecular weight excluding hydrogens is 250 g/mol. The van der Waals surface area contributed by atoms with Gasteiger partial charge in [0.2, 0.25) is 0 Å². The van der Waals surface area contributed by atoms with Crippen molar-refractivity contribution in [3.8, 4) is 0 Å². The van der Waals surface area contributed by atoms with Gasteiger partial charge in [0.25, 0.3) is 0 Å². The fourth-order valence-corrected chi connectivity index (χ4v) is 3.32. The molecule has 2 rings (SSSR count). The monoisotopic (exact) mass is 277 g/mol. The first-order valence-electron chi connectivity index (χ1n) is 7.40. The minimum Gasteiger partial charge on any atom is -0.307 e. The highest BCUT2D eigenvalue weighted by Crippen LogP contribution is 2.35. The van der Waals surface area contributed by atoms with Crippen molar-refractivity contribution < 1.29 is 0 Å². The van der Waals surface area contributed by atoms with Gasteiger partial charge in [-0.2, -0.15) is 0 Å². The van der Waals surface area contributed by atoms with Gasteiger partial charge in [0.05, 0.1) is 0 Å². The molecule has 2 heteroatoms. The number of rotatable bonds is 4. The minimum atomic E-state index is 0.460. The van der Waals surface area contributed by atoms with Crippen molar-refractivity contribution in [2.75, 3.05) is 6.26 Å². The van der Waals surface area contributed by atoms with Crippen LogP contribution in [0.4, 0.5) is 0 Å². The normalized spacial score (nSPS) is 21.3. The lowest BCUT2D eigenvalue weighted by molar-refractivity contribution is 0.200. The largest absolute Gasteiger partial charge is 0.307 e. The van der Waals surface area contributed by atoms with Crippen molar-refractivity contribution in [2.24, 2.45) is 5.41 Å². The van der Waals surface area contributed by atoms with E-state index in [4.69, 9.17) is 0 Å². The summed E-state index contributed by atoms with van der Waals surface area (Å²) in [6, 6.07) is 10.1. The van der Waals surface area contributed by atoms with Gasteiger partial charge in [-0.1, -0.05) is 26.0 Å². The molecule has 1 aromatic carbocycles. The van der Waals surface area contributed by atoms with E-state index in [1.807, 2.05) is 0 Å². The Kier molecular flexibility index (Phi) is 4.97. The molecule has 0 saturated heterocycles. The molecule has 1 fully saturated rings. The van der Waals surface area contributed by atoms with E-state index in [0.29, 0.717) is 17.5 Å². The van der Waals surface area contributed by atoms with Crippen molar-refractivity contribution in [2.45, 2.75) is 63.4 Å². The molecule has 1 aliphatic carbocycles. The first-order chi connectivity index (χ1) is 9.00. The topological polar surface area (TPSA) is 12.0 Å². The van der Waals surface area contributed by atoms with Crippen LogP contribution in [0.2, 0.25) is 0 Å². The van der Waals surface area contributed by atoms with Crippen LogP contribution in [0.25, 0.3) is 0 Å². The second kappa shape index (κ2) is 6.32. The third-order valence-corrected chi connectivity index (χ3v) is 5.18. The zero-order chi connectivity index (χ0) is 13.9. The highest BCUT2D eigenvalue weighted by atomic mass is 32.2. The van der Waals surface area contributed by atoms with Crippen LogP contribution in [-0.2, 0) is 0 Å². The van der Waals surface area contributed by atoms with E-state index < -0.39 is 0 Å². The average molecular weight is 277 g/mol. The van der Waals surface area contributed by atoms with Crippen LogP contribution in [0.1, 0.15) is 58.1 Å². The Morgan fingerprint density at radius 1 is 1.16 bits per heavy atom. The molecule has 0 heterocycles. The fourth-order valence-electron chi connectivity index (χ4n) is 2.91. The number of hydrogen-bond donors (Lipinski definition) is 1. The second-order valence-corrected chi connectivity index (χ2v) is 7.48. The highest BCUT2D eigenvalue weighted by Gasteiger charge is 2.27. The average Bonchev–Trinajstić information content (AvgIpc) is 2.41. The molecule has 1 aromatic rings. The Hall–Kier alpha value is -0.470. The Morgan fingerprint density at radius 2 is 1.74 bits per heavy atom. The lowest BCUT2D eigenvalue weighted by atomic mass is 9.75. The van der Waals surface area contributed by atoms with Crippen LogP contribution in [0.15, 0.2) is 29.2 Å². The summed E-state index contributed by atoms with van der Waals surface area (Å²) in [4.78, 5) is 1.34. The molecule has 0 aromatic heterocycles. The van der Waals surface area contributed by atoms with E-state index >= 15 is 0 Å². The first-order valence-corrected chi connectivity index (χ1v) is 8.63. The number of nitrogens with one attached hydrogen (secondary N) is 1. The molecule has 1 unspecified atom stereocenters. The Labute approximate surface area is 122 Å². The van der Waals surface area contributed by atoms with Gasteiger partial charge in [-0.05, 0) is 62.0 Å². The SMILES string of the molecule is CSc1ccc(C(C)NC2CCC(C)(C)CC2)cc1. The Balaban J connectivity index is 1.88. The molecule has 0 amide bonds. The van der Waals surface area contributed by atoms with E-state index in [0.717, 1.165) is 0 Å². The molecule has 0 bridgehead atoms. The lowest BCUT2D eigenvalue weighted by Gasteiger charge is -2.36. The molecule has 0 aliphatic heterocycles. The molecule has 0 spiro atoms. The van der Waals surface area contributed by atoms with Crippen molar-refractivity contribution in [3.63, 3.8) is 0 Å². The van der Waals surface area contributed by atoms with Crippen LogP contribution in [-0.4, -0.2) is 12.3 Å². The first kappa shape index (κ1) is 14.9. The van der Waals surface area contributed by atoms with Crippen molar-refractivity contribution in [3.05, 3.63) is 29.8 Å². The lowest BCUT2D eigenvalue weighted by Crippen LogP contribution is -2.36. The van der Waals surface area contributed by atoms with Crippen LogP contribution in [0.3, 0.4) is 0 Å². The molecule has 1 atom stereocenters. The van der Waals surface area contributed by atoms with Gasteiger partial charge in [-0.25, -0.2) is 0 Å². The maximum atomic E-state index is 3.80. The van der Waals surface area contributed by atoms with Gasteiger partial charge in [-0.15, -0.1) is 11.8 Å². The van der Waals surface area contributed by atoms with E-state index in [1.165, 1.54) is 36.1 Å². The molecule has 106 valence electrons. The van der Waals surface area contributed by atoms with Crippen molar-refractivity contribution in [1.82, 2.24) is 5.32 Å². The van der Waals surface area contributed by atoms with Crippen LogP contribution >= 0.6 is 11.8 Å². The summed E-state index contributed by atoms with van der Waals surface area (Å²) in [5.74, 6) is 0. The van der Waals surface area contributed by atoms with E-state index in [2.05, 4.69) is 56.6 Å². The molecule has 1 saturated carbocycles. The molecule has 1 aliphatic rings. The zero-order valence-electron chi connectivity index (χ0n) is 12.7. The number of hydrogen-bond acceptors (Lipinski definition) is 2. The van der Waals surface area contributed by atoms with Crippen LogP contribution in [0.5, 0.6) is 0 Å². The van der Waals surface area contributed by atoms with Crippen LogP contribution in [0, 0.1) is 5.41 Å². The van der Waals surface area contributed by atoms with E-state index in [9.17, 15) is 0 Å². The summed E-state index contributed by atoms with van der Waals surface area (Å²) < 4.78 is 0. The summed E-state index contributed by atoms with van der Waals surface area (Å²) in [6.07, 6.45) is 7.46. The van der Waals surface area contributed by atoms with Gasteiger partial charge in [0, 0.05) is 17.0 Å².